The van der Waals surface area contributed by atoms with Gasteiger partial charge in [0.2, 0.25) is 0 Å². The van der Waals surface area contributed by atoms with E-state index in [9.17, 15) is 9.35 Å². The number of nitrogens with two attached hydrogens (primary N) is 2. The molecule has 3 rings (SSSR count). The average molecular weight is 520 g/mol. The number of hydrogen-bond acceptors (Lipinski definition) is 8. The van der Waals surface area contributed by atoms with Gasteiger partial charge in [-0.05, 0) is 38.8 Å². The number of rotatable bonds is 10. The van der Waals surface area contributed by atoms with Crippen LogP contribution >= 0.6 is 0 Å². The highest BCUT2D eigenvalue weighted by Gasteiger charge is 2.21. The molecule has 0 spiro atoms. The van der Waals surface area contributed by atoms with E-state index in [0.29, 0.717) is 30.3 Å². The average Bonchev–Trinajstić information content (AvgIpc) is 3.27. The van der Waals surface area contributed by atoms with Crippen LogP contribution in [0.2, 0.25) is 0 Å². The molecular formula is C23H33N7O5S. The van der Waals surface area contributed by atoms with E-state index in [4.69, 9.17) is 31.5 Å². The van der Waals surface area contributed by atoms with E-state index in [2.05, 4.69) is 20.3 Å². The molecule has 13 heteroatoms. The molecule has 0 amide bonds. The molecule has 12 nitrogen and oxygen atoms in total. The molecule has 2 heterocycles. The van der Waals surface area contributed by atoms with E-state index in [-0.39, 0.29) is 11.7 Å². The number of nitrogens with one attached hydrogen (secondary N) is 3. The zero-order valence-electron chi connectivity index (χ0n) is 20.8. The van der Waals surface area contributed by atoms with Crippen molar-refractivity contribution in [3.8, 4) is 11.5 Å². The molecule has 196 valence electrons. The van der Waals surface area contributed by atoms with Crippen molar-refractivity contribution in [3.63, 3.8) is 0 Å². The van der Waals surface area contributed by atoms with Gasteiger partial charge in [-0.25, -0.2) is 0 Å². The Bertz CT molecular complexity index is 1190. The van der Waals surface area contributed by atoms with Gasteiger partial charge in [-0.3, -0.25) is 20.2 Å². The van der Waals surface area contributed by atoms with Gasteiger partial charge in [0.25, 0.3) is 0 Å². The number of pyridine rings is 1. The minimum atomic E-state index is -1.33. The summed E-state index contributed by atoms with van der Waals surface area (Å²) in [5.41, 5.74) is 14.4. The highest BCUT2D eigenvalue weighted by molar-refractivity contribution is 7.90. The molecule has 1 unspecified atom stereocenters. The first kappa shape index (κ1) is 28.7. The number of aromatic amines is 1. The Morgan fingerprint density at radius 3 is 2.67 bits per heavy atom. The first-order valence-corrected chi connectivity index (χ1v) is 12.4. The van der Waals surface area contributed by atoms with E-state index in [1.54, 1.807) is 20.4 Å². The summed E-state index contributed by atoms with van der Waals surface area (Å²) in [6.45, 7) is 4.34. The molecule has 1 aromatic carbocycles. The molecule has 0 saturated carbocycles. The predicted molar refractivity (Wildman–Crippen MR) is 138 cm³/mol. The number of H-pyrrole nitrogens is 1. The summed E-state index contributed by atoms with van der Waals surface area (Å²) in [7, 11) is 3.23. The van der Waals surface area contributed by atoms with Crippen molar-refractivity contribution in [3.05, 3.63) is 41.2 Å². The van der Waals surface area contributed by atoms with Crippen LogP contribution < -0.4 is 26.3 Å². The molecule has 0 saturated heterocycles. The van der Waals surface area contributed by atoms with Crippen LogP contribution in [0.4, 0.5) is 0 Å². The van der Waals surface area contributed by atoms with E-state index in [0.717, 1.165) is 33.6 Å². The van der Waals surface area contributed by atoms with Gasteiger partial charge in [-0.2, -0.15) is 4.98 Å². The van der Waals surface area contributed by atoms with Crippen molar-refractivity contribution in [1.29, 1.82) is 5.41 Å². The number of benzene rings is 1. The highest BCUT2D eigenvalue weighted by Crippen LogP contribution is 2.27. The molecule has 36 heavy (non-hydrogen) atoms. The fraction of sp³-hybridized carbons (Fsp3) is 0.391. The summed E-state index contributed by atoms with van der Waals surface area (Å²) in [4.78, 5) is 22.1. The van der Waals surface area contributed by atoms with Crippen LogP contribution in [0.1, 0.15) is 29.7 Å². The summed E-state index contributed by atoms with van der Waals surface area (Å²) in [5, 5.41) is 18.1. The van der Waals surface area contributed by atoms with Gasteiger partial charge in [0.05, 0.1) is 30.9 Å². The number of methoxy groups -OCH3 is 2. The smallest absolute Gasteiger partial charge is 0.322 e. The number of ether oxygens (including phenoxy) is 2. The molecule has 8 N–H and O–H groups in total. The number of carbonyl (C=O) groups is 1. The Balaban J connectivity index is 0.000000324. The third-order valence-corrected chi connectivity index (χ3v) is 6.39. The van der Waals surface area contributed by atoms with Gasteiger partial charge in [0.15, 0.2) is 11.7 Å². The second-order valence-electron chi connectivity index (χ2n) is 7.89. The normalized spacial score (nSPS) is 12.3. The SMILES string of the molecule is COc1ccc2[nH]c([S+]([O-])Cc3ncc(C)c(OC)c3C)nc2c1.N=C(N)NCCC[C@H](N)C(=O)O. The Morgan fingerprint density at radius 2 is 2.06 bits per heavy atom. The van der Waals surface area contributed by atoms with Crippen LogP contribution in [0.25, 0.3) is 11.0 Å². The van der Waals surface area contributed by atoms with Gasteiger partial charge >= 0.3 is 11.1 Å². The van der Waals surface area contributed by atoms with E-state index < -0.39 is 23.2 Å². The zero-order chi connectivity index (χ0) is 26.8. The van der Waals surface area contributed by atoms with Crippen molar-refractivity contribution in [1.82, 2.24) is 20.3 Å². The maximum Gasteiger partial charge on any atom is 0.322 e. The maximum atomic E-state index is 12.7. The van der Waals surface area contributed by atoms with Gasteiger partial charge < -0.3 is 35.9 Å². The van der Waals surface area contributed by atoms with Gasteiger partial charge in [-0.1, -0.05) is 0 Å². The fourth-order valence-corrected chi connectivity index (χ4v) is 4.37. The van der Waals surface area contributed by atoms with Crippen molar-refractivity contribution >= 4 is 34.1 Å². The van der Waals surface area contributed by atoms with Crippen LogP contribution in [0.15, 0.2) is 29.6 Å². The third-order valence-electron chi connectivity index (χ3n) is 5.23. The lowest BCUT2D eigenvalue weighted by molar-refractivity contribution is -0.138. The van der Waals surface area contributed by atoms with Crippen LogP contribution in [-0.2, 0) is 21.7 Å². The first-order chi connectivity index (χ1) is 17.1. The number of aliphatic carboxylic acids is 1. The molecule has 2 aromatic heterocycles. The van der Waals surface area contributed by atoms with Crippen LogP contribution in [0.3, 0.4) is 0 Å². The lowest BCUT2D eigenvalue weighted by Gasteiger charge is -2.13. The summed E-state index contributed by atoms with van der Waals surface area (Å²) < 4.78 is 23.3. The first-order valence-electron chi connectivity index (χ1n) is 11.0. The van der Waals surface area contributed by atoms with Gasteiger partial charge in [-0.15, -0.1) is 0 Å². The topological polar surface area (TPSA) is 208 Å². The monoisotopic (exact) mass is 519 g/mol. The number of hydrogen-bond donors (Lipinski definition) is 6. The minimum absolute atomic E-state index is 0.112. The molecule has 0 bridgehead atoms. The number of nitrogens with zero attached hydrogens (tertiary/aromatic N) is 2. The van der Waals surface area contributed by atoms with Gasteiger partial charge in [0, 0.05) is 41.1 Å². The van der Waals surface area contributed by atoms with Crippen molar-refractivity contribution in [2.24, 2.45) is 11.5 Å². The quantitative estimate of drug-likeness (QED) is 0.0985. The molecule has 0 fully saturated rings. The molecular weight excluding hydrogens is 486 g/mol. The van der Waals surface area contributed by atoms with Crippen LogP contribution in [0, 0.1) is 19.3 Å². The summed E-state index contributed by atoms with van der Waals surface area (Å²) in [6, 6.07) is 4.69. The van der Waals surface area contributed by atoms with Crippen molar-refractivity contribution in [2.45, 2.75) is 43.6 Å². The van der Waals surface area contributed by atoms with E-state index in [1.165, 1.54) is 0 Å². The number of imidazole rings is 1. The summed E-state index contributed by atoms with van der Waals surface area (Å²) in [5.74, 6) is 0.662. The molecule has 0 aliphatic carbocycles. The molecule has 0 radical (unpaired) electrons. The molecule has 3 aromatic rings. The zero-order valence-corrected chi connectivity index (χ0v) is 21.6. The number of aromatic nitrogens is 3. The third kappa shape index (κ3) is 8.00. The lowest BCUT2D eigenvalue weighted by atomic mass is 10.1. The van der Waals surface area contributed by atoms with E-state index in [1.807, 2.05) is 32.0 Å². The largest absolute Gasteiger partial charge is 0.609 e. The number of aryl methyl sites for hydroxylation is 1. The molecule has 0 aliphatic heterocycles. The summed E-state index contributed by atoms with van der Waals surface area (Å²) in [6.07, 6.45) is 2.71. The Labute approximate surface area is 212 Å². The van der Waals surface area contributed by atoms with Crippen molar-refractivity contribution in [2.75, 3.05) is 20.8 Å². The van der Waals surface area contributed by atoms with Crippen LogP contribution in [-0.4, -0.2) is 63.3 Å². The Hall–Kier alpha value is -3.55. The number of carboxylic acid groups (broad SMARTS) is 1. The fourth-order valence-electron chi connectivity index (χ4n) is 3.27. The van der Waals surface area contributed by atoms with E-state index >= 15 is 0 Å². The second kappa shape index (κ2) is 13.5. The maximum absolute atomic E-state index is 12.7. The molecule has 0 aliphatic rings. The number of carboxylic acids is 1. The van der Waals surface area contributed by atoms with Crippen LogP contribution in [0.5, 0.6) is 11.5 Å². The summed E-state index contributed by atoms with van der Waals surface area (Å²) >= 11 is -1.33. The highest BCUT2D eigenvalue weighted by atomic mass is 32.2. The standard InChI is InChI=1S/C17H19N3O3S.C6H14N4O2/c1-10-8-18-15(11(2)16(10)23-4)9-24(21)17-19-13-6-5-12(22-3)7-14(13)20-17;7-4(5(11)12)2-1-3-10-6(8)9/h5-8H,9H2,1-4H3,(H,19,20);4H,1-3,7H2,(H,11,12)(H4,8,9,10)/t;4-/m.0/s1. The second-order valence-corrected chi connectivity index (χ2v) is 9.25. The number of fused-ring (bicyclic) bond motifs is 1. The minimum Gasteiger partial charge on any atom is -0.609 e. The number of guanidine groups is 1. The predicted octanol–water partition coefficient (Wildman–Crippen LogP) is 1.56. The molecule has 2 atom stereocenters. The Morgan fingerprint density at radius 1 is 1.33 bits per heavy atom. The lowest BCUT2D eigenvalue weighted by Crippen LogP contribution is -2.34. The Kier molecular flexibility index (Phi) is 10.8. The van der Waals surface area contributed by atoms with Crippen molar-refractivity contribution < 1.29 is 23.9 Å². The van der Waals surface area contributed by atoms with Gasteiger partial charge in [0.1, 0.15) is 17.5 Å².